The first kappa shape index (κ1) is 14.5. The van der Waals surface area contributed by atoms with Crippen molar-refractivity contribution in [3.63, 3.8) is 0 Å². The van der Waals surface area contributed by atoms with Crippen LogP contribution < -0.4 is 5.32 Å². The van der Waals surface area contributed by atoms with Crippen LogP contribution in [0, 0.1) is 11.3 Å². The SMILES string of the molecule is N#Cc1c(NC(=O)c2noc3c2CCCCC3)sc2c1CCC2. The zero-order valence-electron chi connectivity index (χ0n) is 12.8. The Kier molecular flexibility index (Phi) is 3.66. The van der Waals surface area contributed by atoms with E-state index >= 15 is 0 Å². The molecule has 0 aromatic carbocycles. The molecule has 2 aliphatic rings. The molecule has 0 saturated carbocycles. The highest BCUT2D eigenvalue weighted by atomic mass is 32.1. The molecule has 0 bridgehead atoms. The van der Waals surface area contributed by atoms with Crippen molar-refractivity contribution in [2.75, 3.05) is 5.32 Å². The van der Waals surface area contributed by atoms with E-state index in [2.05, 4.69) is 16.5 Å². The van der Waals surface area contributed by atoms with Crippen molar-refractivity contribution in [2.24, 2.45) is 0 Å². The van der Waals surface area contributed by atoms with Crippen molar-refractivity contribution in [3.05, 3.63) is 33.0 Å². The van der Waals surface area contributed by atoms with Crippen LogP contribution in [0.5, 0.6) is 0 Å². The van der Waals surface area contributed by atoms with Gasteiger partial charge < -0.3 is 9.84 Å². The molecule has 0 unspecified atom stereocenters. The van der Waals surface area contributed by atoms with Gasteiger partial charge in [-0.1, -0.05) is 11.6 Å². The Bertz CT molecular complexity index is 813. The van der Waals surface area contributed by atoms with Gasteiger partial charge in [-0.05, 0) is 44.1 Å². The van der Waals surface area contributed by atoms with Crippen LogP contribution in [0.4, 0.5) is 5.00 Å². The molecule has 2 aliphatic carbocycles. The normalized spacial score (nSPS) is 16.3. The van der Waals surface area contributed by atoms with E-state index in [1.54, 1.807) is 0 Å². The minimum Gasteiger partial charge on any atom is -0.360 e. The molecule has 0 spiro atoms. The highest BCUT2D eigenvalue weighted by molar-refractivity contribution is 7.16. The van der Waals surface area contributed by atoms with Crippen LogP contribution in [-0.4, -0.2) is 11.1 Å². The molecule has 2 heterocycles. The number of nitrogens with zero attached hydrogens (tertiary/aromatic N) is 2. The number of thiophene rings is 1. The van der Waals surface area contributed by atoms with Crippen LogP contribution in [0.25, 0.3) is 0 Å². The van der Waals surface area contributed by atoms with Gasteiger partial charge in [-0.25, -0.2) is 0 Å². The zero-order valence-corrected chi connectivity index (χ0v) is 13.6. The highest BCUT2D eigenvalue weighted by Gasteiger charge is 2.27. The number of hydrogen-bond donors (Lipinski definition) is 1. The third-order valence-electron chi connectivity index (χ3n) is 4.68. The lowest BCUT2D eigenvalue weighted by molar-refractivity contribution is 0.101. The van der Waals surface area contributed by atoms with Crippen LogP contribution >= 0.6 is 11.3 Å². The summed E-state index contributed by atoms with van der Waals surface area (Å²) < 4.78 is 5.37. The molecule has 118 valence electrons. The fourth-order valence-electron chi connectivity index (χ4n) is 3.51. The Morgan fingerprint density at radius 2 is 1.96 bits per heavy atom. The number of nitrogens with one attached hydrogen (secondary N) is 1. The van der Waals surface area contributed by atoms with E-state index in [0.717, 1.165) is 68.3 Å². The monoisotopic (exact) mass is 327 g/mol. The van der Waals surface area contributed by atoms with E-state index in [1.165, 1.54) is 16.2 Å². The molecule has 2 aromatic rings. The largest absolute Gasteiger partial charge is 0.360 e. The van der Waals surface area contributed by atoms with E-state index in [9.17, 15) is 10.1 Å². The van der Waals surface area contributed by atoms with E-state index in [0.29, 0.717) is 16.3 Å². The predicted molar refractivity (Wildman–Crippen MR) is 86.8 cm³/mol. The average molecular weight is 327 g/mol. The molecule has 0 saturated heterocycles. The summed E-state index contributed by atoms with van der Waals surface area (Å²) in [7, 11) is 0. The molecule has 6 heteroatoms. The van der Waals surface area contributed by atoms with Crippen molar-refractivity contribution in [3.8, 4) is 6.07 Å². The minimum absolute atomic E-state index is 0.256. The lowest BCUT2D eigenvalue weighted by Gasteiger charge is -2.03. The standard InChI is InChI=1S/C17H17N3O2S/c18-9-12-10-6-4-8-14(10)23-17(12)19-16(21)15-11-5-2-1-3-7-13(11)22-20-15/h1-8H2,(H,19,21). The Morgan fingerprint density at radius 3 is 2.83 bits per heavy atom. The van der Waals surface area contributed by atoms with Crippen molar-refractivity contribution in [2.45, 2.75) is 51.4 Å². The first-order valence-electron chi connectivity index (χ1n) is 8.11. The predicted octanol–water partition coefficient (Wildman–Crippen LogP) is 3.62. The first-order valence-corrected chi connectivity index (χ1v) is 8.93. The molecular weight excluding hydrogens is 310 g/mol. The topological polar surface area (TPSA) is 78.9 Å². The van der Waals surface area contributed by atoms with Gasteiger partial charge in [0.1, 0.15) is 16.8 Å². The second-order valence-corrected chi connectivity index (χ2v) is 7.23. The first-order chi connectivity index (χ1) is 11.3. The van der Waals surface area contributed by atoms with Crippen LogP contribution in [-0.2, 0) is 25.7 Å². The molecule has 1 N–H and O–H groups in total. The van der Waals surface area contributed by atoms with Crippen LogP contribution in [0.15, 0.2) is 4.52 Å². The average Bonchev–Trinajstić information content (AvgIpc) is 3.18. The van der Waals surface area contributed by atoms with Gasteiger partial charge in [0.25, 0.3) is 5.91 Å². The highest BCUT2D eigenvalue weighted by Crippen LogP contribution is 2.38. The van der Waals surface area contributed by atoms with Crippen LogP contribution in [0.1, 0.15) is 63.5 Å². The van der Waals surface area contributed by atoms with E-state index in [1.807, 2.05) is 0 Å². The van der Waals surface area contributed by atoms with Gasteiger partial charge in [0.2, 0.25) is 0 Å². The van der Waals surface area contributed by atoms with E-state index in [4.69, 9.17) is 4.52 Å². The Morgan fingerprint density at radius 1 is 1.13 bits per heavy atom. The molecule has 1 amide bonds. The van der Waals surface area contributed by atoms with Crippen molar-refractivity contribution < 1.29 is 9.32 Å². The third kappa shape index (κ3) is 2.45. The molecule has 0 fully saturated rings. The number of hydrogen-bond acceptors (Lipinski definition) is 5. The summed E-state index contributed by atoms with van der Waals surface area (Å²) in [5.41, 5.74) is 3.08. The molecule has 0 atom stereocenters. The van der Waals surface area contributed by atoms with Gasteiger partial charge in [-0.3, -0.25) is 4.79 Å². The van der Waals surface area contributed by atoms with Gasteiger partial charge in [-0.2, -0.15) is 5.26 Å². The fourth-order valence-corrected chi connectivity index (χ4v) is 4.75. The number of fused-ring (bicyclic) bond motifs is 2. The van der Waals surface area contributed by atoms with Gasteiger partial charge in [0, 0.05) is 16.9 Å². The van der Waals surface area contributed by atoms with Gasteiger partial charge >= 0.3 is 0 Å². The lowest BCUT2D eigenvalue weighted by atomic mass is 10.1. The van der Waals surface area contributed by atoms with Gasteiger partial charge in [0.05, 0.1) is 5.56 Å². The fraction of sp³-hybridized carbons (Fsp3) is 0.471. The molecule has 4 rings (SSSR count). The summed E-state index contributed by atoms with van der Waals surface area (Å²) >= 11 is 1.53. The molecule has 0 aliphatic heterocycles. The number of carbonyl (C=O) groups excluding carboxylic acids is 1. The maximum atomic E-state index is 12.6. The Balaban J connectivity index is 1.62. The Hall–Kier alpha value is -2.13. The van der Waals surface area contributed by atoms with Crippen molar-refractivity contribution in [1.29, 1.82) is 5.26 Å². The number of rotatable bonds is 2. The molecular formula is C17H17N3O2S. The second kappa shape index (κ2) is 5.82. The zero-order chi connectivity index (χ0) is 15.8. The quantitative estimate of drug-likeness (QED) is 0.854. The number of nitriles is 1. The number of carbonyl (C=O) groups is 1. The molecule has 23 heavy (non-hydrogen) atoms. The summed E-state index contributed by atoms with van der Waals surface area (Å²) in [6.07, 6.45) is 8.03. The van der Waals surface area contributed by atoms with E-state index in [-0.39, 0.29) is 5.91 Å². The van der Waals surface area contributed by atoms with Crippen LogP contribution in [0.3, 0.4) is 0 Å². The maximum Gasteiger partial charge on any atom is 0.278 e. The van der Waals surface area contributed by atoms with E-state index < -0.39 is 0 Å². The molecule has 2 aromatic heterocycles. The van der Waals surface area contributed by atoms with Crippen molar-refractivity contribution >= 4 is 22.2 Å². The molecule has 5 nitrogen and oxygen atoms in total. The maximum absolute atomic E-state index is 12.6. The summed E-state index contributed by atoms with van der Waals surface area (Å²) in [6, 6.07) is 2.25. The summed E-state index contributed by atoms with van der Waals surface area (Å²) in [5, 5.41) is 17.0. The smallest absolute Gasteiger partial charge is 0.278 e. The Labute approximate surface area is 138 Å². The van der Waals surface area contributed by atoms with Gasteiger partial charge in [0.15, 0.2) is 5.69 Å². The number of amides is 1. The summed E-state index contributed by atoms with van der Waals surface area (Å²) in [6.45, 7) is 0. The molecule has 0 radical (unpaired) electrons. The lowest BCUT2D eigenvalue weighted by Crippen LogP contribution is -2.14. The summed E-state index contributed by atoms with van der Waals surface area (Å²) in [4.78, 5) is 13.9. The van der Waals surface area contributed by atoms with Gasteiger partial charge in [-0.15, -0.1) is 11.3 Å². The second-order valence-electron chi connectivity index (χ2n) is 6.12. The number of aryl methyl sites for hydroxylation is 2. The minimum atomic E-state index is -0.256. The summed E-state index contributed by atoms with van der Waals surface area (Å²) in [5.74, 6) is 0.593. The number of aromatic nitrogens is 1. The van der Waals surface area contributed by atoms with Crippen molar-refractivity contribution in [1.82, 2.24) is 5.16 Å². The third-order valence-corrected chi connectivity index (χ3v) is 5.88. The number of anilines is 1. The van der Waals surface area contributed by atoms with Crippen LogP contribution in [0.2, 0.25) is 0 Å².